The van der Waals surface area contributed by atoms with Gasteiger partial charge in [-0.2, -0.15) is 0 Å². The number of halogens is 1. The van der Waals surface area contributed by atoms with Gasteiger partial charge in [0.15, 0.2) is 5.78 Å². The van der Waals surface area contributed by atoms with Gasteiger partial charge in [-0.1, -0.05) is 28.1 Å². The highest BCUT2D eigenvalue weighted by molar-refractivity contribution is 9.10. The number of carbonyl (C=O) groups is 1. The summed E-state index contributed by atoms with van der Waals surface area (Å²) < 4.78 is 3.84. The van der Waals surface area contributed by atoms with E-state index < -0.39 is 0 Å². The summed E-state index contributed by atoms with van der Waals surface area (Å²) in [6, 6.07) is 7.16. The van der Waals surface area contributed by atoms with E-state index in [1.165, 1.54) is 4.57 Å². The van der Waals surface area contributed by atoms with E-state index in [0.29, 0.717) is 12.1 Å². The molecule has 1 aromatic carbocycles. The van der Waals surface area contributed by atoms with Crippen LogP contribution in [0.5, 0.6) is 0 Å². The smallest absolute Gasteiger partial charge is 0.300 e. The number of aromatic nitrogens is 2. The number of nitrogens with zero attached hydrogens (tertiary/aromatic N) is 2. The first-order valence-electron chi connectivity index (χ1n) is 5.66. The van der Waals surface area contributed by atoms with Crippen molar-refractivity contribution in [2.45, 2.75) is 20.0 Å². The molecule has 94 valence electrons. The quantitative estimate of drug-likeness (QED) is 0.814. The van der Waals surface area contributed by atoms with Gasteiger partial charge in [0.25, 0.3) is 0 Å². The van der Waals surface area contributed by atoms with Gasteiger partial charge in [0.2, 0.25) is 0 Å². The Labute approximate surface area is 113 Å². The van der Waals surface area contributed by atoms with Crippen LogP contribution < -0.4 is 5.69 Å². The van der Waals surface area contributed by atoms with Gasteiger partial charge in [-0.3, -0.25) is 13.9 Å². The van der Waals surface area contributed by atoms with E-state index in [2.05, 4.69) is 15.9 Å². The van der Waals surface area contributed by atoms with Gasteiger partial charge in [-0.25, -0.2) is 4.79 Å². The van der Waals surface area contributed by atoms with Crippen molar-refractivity contribution in [2.75, 3.05) is 0 Å². The van der Waals surface area contributed by atoms with E-state index in [-0.39, 0.29) is 18.0 Å². The van der Waals surface area contributed by atoms with Crippen molar-refractivity contribution in [3.8, 4) is 0 Å². The van der Waals surface area contributed by atoms with Gasteiger partial charge in [0.1, 0.15) is 0 Å². The Morgan fingerprint density at radius 2 is 2.00 bits per heavy atom. The molecule has 2 aromatic rings. The Morgan fingerprint density at radius 1 is 1.28 bits per heavy atom. The third kappa shape index (κ3) is 2.61. The standard InChI is InChI=1S/C13H13BrN2O2/c1-2-15-6-7-16(13(15)18)9-12(17)10-4-3-5-11(14)8-10/h3-8H,2,9H2,1H3. The maximum Gasteiger partial charge on any atom is 0.328 e. The summed E-state index contributed by atoms with van der Waals surface area (Å²) in [7, 11) is 0. The lowest BCUT2D eigenvalue weighted by Gasteiger charge is -2.02. The van der Waals surface area contributed by atoms with Crippen molar-refractivity contribution in [1.82, 2.24) is 9.13 Å². The number of imidazole rings is 1. The zero-order valence-electron chi connectivity index (χ0n) is 9.97. The van der Waals surface area contributed by atoms with Crippen LogP contribution in [0.25, 0.3) is 0 Å². The Bertz CT molecular complexity index is 628. The molecule has 0 bridgehead atoms. The topological polar surface area (TPSA) is 44.0 Å². The van der Waals surface area contributed by atoms with Crippen LogP contribution in [0.1, 0.15) is 17.3 Å². The molecule has 0 aliphatic rings. The molecule has 0 spiro atoms. The molecule has 1 aromatic heterocycles. The van der Waals surface area contributed by atoms with E-state index in [9.17, 15) is 9.59 Å². The fraction of sp³-hybridized carbons (Fsp3) is 0.231. The molecule has 0 N–H and O–H groups in total. The second kappa shape index (κ2) is 5.35. The summed E-state index contributed by atoms with van der Waals surface area (Å²) in [5.41, 5.74) is 0.446. The fourth-order valence-electron chi connectivity index (χ4n) is 1.72. The molecule has 0 radical (unpaired) electrons. The lowest BCUT2D eigenvalue weighted by Crippen LogP contribution is -2.26. The van der Waals surface area contributed by atoms with E-state index >= 15 is 0 Å². The van der Waals surface area contributed by atoms with Gasteiger partial charge in [0, 0.05) is 29.0 Å². The van der Waals surface area contributed by atoms with E-state index in [4.69, 9.17) is 0 Å². The van der Waals surface area contributed by atoms with Crippen LogP contribution >= 0.6 is 15.9 Å². The van der Waals surface area contributed by atoms with Gasteiger partial charge < -0.3 is 0 Å². The Morgan fingerprint density at radius 3 is 2.61 bits per heavy atom. The molecular weight excluding hydrogens is 296 g/mol. The molecule has 18 heavy (non-hydrogen) atoms. The maximum atomic E-state index is 12.0. The largest absolute Gasteiger partial charge is 0.328 e. The molecule has 0 amide bonds. The molecule has 0 saturated carbocycles. The van der Waals surface area contributed by atoms with E-state index in [0.717, 1.165) is 4.47 Å². The highest BCUT2D eigenvalue weighted by Crippen LogP contribution is 2.12. The number of hydrogen-bond donors (Lipinski definition) is 0. The van der Waals surface area contributed by atoms with Crippen LogP contribution in [-0.2, 0) is 13.1 Å². The van der Waals surface area contributed by atoms with Crippen molar-refractivity contribution in [2.24, 2.45) is 0 Å². The average Bonchev–Trinajstić information content (AvgIpc) is 2.70. The summed E-state index contributed by atoms with van der Waals surface area (Å²) in [5, 5.41) is 0. The van der Waals surface area contributed by atoms with Crippen molar-refractivity contribution in [3.05, 3.63) is 57.2 Å². The molecule has 0 atom stereocenters. The molecule has 0 aliphatic carbocycles. The first kappa shape index (κ1) is 12.8. The molecule has 4 nitrogen and oxygen atoms in total. The Hall–Kier alpha value is -1.62. The van der Waals surface area contributed by atoms with Gasteiger partial charge in [0.05, 0.1) is 6.54 Å². The number of rotatable bonds is 4. The van der Waals surface area contributed by atoms with Crippen molar-refractivity contribution in [3.63, 3.8) is 0 Å². The predicted octanol–water partition coefficient (Wildman–Crippen LogP) is 2.32. The number of benzene rings is 1. The van der Waals surface area contributed by atoms with Crippen LogP contribution in [0, 0.1) is 0 Å². The van der Waals surface area contributed by atoms with Gasteiger partial charge in [-0.15, -0.1) is 0 Å². The third-order valence-electron chi connectivity index (χ3n) is 2.72. The number of carbonyl (C=O) groups excluding carboxylic acids is 1. The number of aryl methyl sites for hydroxylation is 1. The third-order valence-corrected chi connectivity index (χ3v) is 3.21. The molecule has 0 unspecified atom stereocenters. The summed E-state index contributed by atoms with van der Waals surface area (Å²) in [6.45, 7) is 2.57. The fourth-order valence-corrected chi connectivity index (χ4v) is 2.12. The van der Waals surface area contributed by atoms with Gasteiger partial charge >= 0.3 is 5.69 Å². The molecule has 0 fully saturated rings. The summed E-state index contributed by atoms with van der Waals surface area (Å²) in [5.74, 6) is -0.0766. The first-order valence-corrected chi connectivity index (χ1v) is 6.45. The summed E-state index contributed by atoms with van der Waals surface area (Å²) in [6.07, 6.45) is 3.33. The summed E-state index contributed by atoms with van der Waals surface area (Å²) >= 11 is 3.32. The van der Waals surface area contributed by atoms with Crippen LogP contribution in [-0.4, -0.2) is 14.9 Å². The molecule has 1 heterocycles. The van der Waals surface area contributed by atoms with Crippen LogP contribution in [0.15, 0.2) is 45.9 Å². The molecular formula is C13H13BrN2O2. The number of hydrogen-bond acceptors (Lipinski definition) is 2. The predicted molar refractivity (Wildman–Crippen MR) is 72.8 cm³/mol. The molecule has 2 rings (SSSR count). The van der Waals surface area contributed by atoms with Crippen molar-refractivity contribution >= 4 is 21.7 Å². The highest BCUT2D eigenvalue weighted by Gasteiger charge is 2.09. The molecule has 0 aliphatic heterocycles. The average molecular weight is 309 g/mol. The lowest BCUT2D eigenvalue weighted by atomic mass is 10.1. The minimum Gasteiger partial charge on any atom is -0.300 e. The normalized spacial score (nSPS) is 10.6. The second-order valence-corrected chi connectivity index (χ2v) is 4.84. The van der Waals surface area contributed by atoms with Crippen molar-refractivity contribution < 1.29 is 4.79 Å². The zero-order valence-corrected chi connectivity index (χ0v) is 11.6. The Kier molecular flexibility index (Phi) is 3.81. The van der Waals surface area contributed by atoms with Crippen LogP contribution in [0.4, 0.5) is 0 Å². The first-order chi connectivity index (χ1) is 8.61. The second-order valence-electron chi connectivity index (χ2n) is 3.93. The highest BCUT2D eigenvalue weighted by atomic mass is 79.9. The zero-order chi connectivity index (χ0) is 13.1. The summed E-state index contributed by atoms with van der Waals surface area (Å²) in [4.78, 5) is 23.8. The van der Waals surface area contributed by atoms with E-state index in [1.807, 2.05) is 13.0 Å². The van der Waals surface area contributed by atoms with Crippen molar-refractivity contribution in [1.29, 1.82) is 0 Å². The van der Waals surface area contributed by atoms with E-state index in [1.54, 1.807) is 35.2 Å². The maximum absolute atomic E-state index is 12.0. The minimum absolute atomic E-state index is 0.0717. The lowest BCUT2D eigenvalue weighted by molar-refractivity contribution is 0.0970. The SMILES string of the molecule is CCn1ccn(CC(=O)c2cccc(Br)c2)c1=O. The van der Waals surface area contributed by atoms with Gasteiger partial charge in [-0.05, 0) is 19.1 Å². The van der Waals surface area contributed by atoms with Crippen LogP contribution in [0.3, 0.4) is 0 Å². The molecule has 5 heteroatoms. The minimum atomic E-state index is -0.152. The monoisotopic (exact) mass is 308 g/mol. The number of Topliss-reactive ketones (excluding diaryl/α,β-unsaturated/α-hetero) is 1. The number of ketones is 1. The molecule has 0 saturated heterocycles. The Balaban J connectivity index is 2.21. The van der Waals surface area contributed by atoms with Crippen LogP contribution in [0.2, 0.25) is 0 Å².